The van der Waals surface area contributed by atoms with Crippen molar-refractivity contribution in [2.24, 2.45) is 0 Å². The van der Waals surface area contributed by atoms with Crippen LogP contribution in [0.2, 0.25) is 5.02 Å². The molecule has 162 valence electrons. The van der Waals surface area contributed by atoms with E-state index in [0.29, 0.717) is 18.9 Å². The number of carbonyl (C=O) groups is 1. The molecular weight excluding hydrogens is 460 g/mol. The molecule has 0 saturated carbocycles. The van der Waals surface area contributed by atoms with Gasteiger partial charge in [0.15, 0.2) is 0 Å². The number of carbonyl (C=O) groups excluding carboxylic acids is 1. The van der Waals surface area contributed by atoms with Crippen LogP contribution in [0.4, 0.5) is 0 Å². The number of esters is 1. The molecule has 1 aliphatic heterocycles. The highest BCUT2D eigenvalue weighted by molar-refractivity contribution is 7.89. The first-order chi connectivity index (χ1) is 14.9. The maximum atomic E-state index is 12.9. The summed E-state index contributed by atoms with van der Waals surface area (Å²) in [4.78, 5) is 16.9. The van der Waals surface area contributed by atoms with Gasteiger partial charge in [-0.1, -0.05) is 41.9 Å². The highest BCUT2D eigenvalue weighted by Gasteiger charge is 2.29. The molecule has 0 spiro atoms. The van der Waals surface area contributed by atoms with Gasteiger partial charge in [-0.3, -0.25) is 0 Å². The highest BCUT2D eigenvalue weighted by Crippen LogP contribution is 2.27. The Morgan fingerprint density at radius 1 is 1.16 bits per heavy atom. The molecule has 2 heterocycles. The predicted molar refractivity (Wildman–Crippen MR) is 118 cm³/mol. The van der Waals surface area contributed by atoms with E-state index in [4.69, 9.17) is 21.1 Å². The number of ether oxygens (including phenoxy) is 2. The summed E-state index contributed by atoms with van der Waals surface area (Å²) in [7, 11) is -3.84. The van der Waals surface area contributed by atoms with Crippen LogP contribution in [0.5, 0.6) is 0 Å². The molecule has 3 aromatic rings. The predicted octanol–water partition coefficient (Wildman–Crippen LogP) is 3.84. The Morgan fingerprint density at radius 3 is 2.65 bits per heavy atom. The van der Waals surface area contributed by atoms with Crippen molar-refractivity contribution >= 4 is 38.9 Å². The second-order valence-electron chi connectivity index (χ2n) is 6.75. The van der Waals surface area contributed by atoms with E-state index in [-0.39, 0.29) is 35.2 Å². The number of sulfonamides is 1. The van der Waals surface area contributed by atoms with Gasteiger partial charge in [0.05, 0.1) is 29.5 Å². The molecule has 0 N–H and O–H groups in total. The van der Waals surface area contributed by atoms with Crippen LogP contribution in [-0.2, 0) is 26.1 Å². The van der Waals surface area contributed by atoms with Crippen molar-refractivity contribution in [3.63, 3.8) is 0 Å². The number of nitrogens with zero attached hydrogens (tertiary/aromatic N) is 2. The molecule has 31 heavy (non-hydrogen) atoms. The first kappa shape index (κ1) is 21.9. The van der Waals surface area contributed by atoms with E-state index in [0.717, 1.165) is 10.6 Å². The van der Waals surface area contributed by atoms with Crippen molar-refractivity contribution in [2.75, 3.05) is 26.3 Å². The zero-order valence-electron chi connectivity index (χ0n) is 16.4. The summed E-state index contributed by atoms with van der Waals surface area (Å²) in [6.45, 7) is 1.09. The second kappa shape index (κ2) is 9.46. The van der Waals surface area contributed by atoms with Gasteiger partial charge >= 0.3 is 5.97 Å². The number of aromatic nitrogens is 1. The molecule has 0 bridgehead atoms. The molecule has 7 nitrogen and oxygen atoms in total. The quantitative estimate of drug-likeness (QED) is 0.500. The fraction of sp³-hybridized carbons (Fsp3) is 0.238. The lowest BCUT2D eigenvalue weighted by Gasteiger charge is -2.26. The summed E-state index contributed by atoms with van der Waals surface area (Å²) in [5.74, 6) is -0.649. The van der Waals surface area contributed by atoms with Crippen LogP contribution in [0.25, 0.3) is 10.6 Å². The van der Waals surface area contributed by atoms with Gasteiger partial charge in [0, 0.05) is 24.0 Å². The first-order valence-electron chi connectivity index (χ1n) is 9.49. The number of hydrogen-bond acceptors (Lipinski definition) is 7. The molecule has 1 aliphatic rings. The Hall–Kier alpha value is -2.30. The van der Waals surface area contributed by atoms with Gasteiger partial charge in [-0.15, -0.1) is 11.3 Å². The maximum Gasteiger partial charge on any atom is 0.338 e. The summed E-state index contributed by atoms with van der Waals surface area (Å²) in [5.41, 5.74) is 1.71. The monoisotopic (exact) mass is 478 g/mol. The third-order valence-electron chi connectivity index (χ3n) is 4.68. The van der Waals surface area contributed by atoms with Crippen molar-refractivity contribution in [3.8, 4) is 10.6 Å². The molecular formula is C21H19ClN2O5S2. The Morgan fingerprint density at radius 2 is 1.90 bits per heavy atom. The van der Waals surface area contributed by atoms with Crippen LogP contribution in [0, 0.1) is 0 Å². The standard InChI is InChI=1S/C21H19ClN2O5S2/c22-18-7-6-16(12-19(18)31(26,27)24-8-10-28-11-9-24)21(25)29-13-17-14-30-20(23-17)15-4-2-1-3-5-15/h1-7,12,14H,8-11,13H2. The normalized spacial score (nSPS) is 15.0. The number of benzene rings is 2. The van der Waals surface area contributed by atoms with Crippen LogP contribution in [0.3, 0.4) is 0 Å². The maximum absolute atomic E-state index is 12.9. The van der Waals surface area contributed by atoms with Crippen molar-refractivity contribution in [1.29, 1.82) is 0 Å². The Balaban J connectivity index is 1.47. The fourth-order valence-corrected chi connectivity index (χ4v) is 5.78. The first-order valence-corrected chi connectivity index (χ1v) is 12.2. The van der Waals surface area contributed by atoms with Gasteiger partial charge in [-0.25, -0.2) is 18.2 Å². The molecule has 0 atom stereocenters. The summed E-state index contributed by atoms with van der Waals surface area (Å²) in [6.07, 6.45) is 0. The molecule has 0 radical (unpaired) electrons. The van der Waals surface area contributed by atoms with Gasteiger partial charge in [-0.05, 0) is 18.2 Å². The number of rotatable bonds is 6. The van der Waals surface area contributed by atoms with Crippen molar-refractivity contribution in [3.05, 3.63) is 70.2 Å². The SMILES string of the molecule is O=C(OCc1csc(-c2ccccc2)n1)c1ccc(Cl)c(S(=O)(=O)N2CCOCC2)c1. The van der Waals surface area contributed by atoms with Crippen LogP contribution >= 0.6 is 22.9 Å². The van der Waals surface area contributed by atoms with Gasteiger partial charge in [0.1, 0.15) is 16.5 Å². The van der Waals surface area contributed by atoms with E-state index < -0.39 is 16.0 Å². The summed E-state index contributed by atoms with van der Waals surface area (Å²) in [6, 6.07) is 13.8. The Bertz CT molecular complexity index is 1180. The van der Waals surface area contributed by atoms with Crippen molar-refractivity contribution < 1.29 is 22.7 Å². The Kier molecular flexibility index (Phi) is 6.68. The van der Waals surface area contributed by atoms with Gasteiger partial charge in [0.25, 0.3) is 0 Å². The van der Waals surface area contributed by atoms with E-state index in [1.54, 1.807) is 0 Å². The molecule has 4 rings (SSSR count). The molecule has 2 aromatic carbocycles. The van der Waals surface area contributed by atoms with Gasteiger partial charge < -0.3 is 9.47 Å². The number of morpholine rings is 1. The van der Waals surface area contributed by atoms with E-state index in [1.807, 2.05) is 35.7 Å². The summed E-state index contributed by atoms with van der Waals surface area (Å²) >= 11 is 7.60. The summed E-state index contributed by atoms with van der Waals surface area (Å²) < 4.78 is 37.7. The van der Waals surface area contributed by atoms with Crippen LogP contribution in [-0.4, -0.2) is 50.0 Å². The third kappa shape index (κ3) is 4.97. The molecule has 1 saturated heterocycles. The second-order valence-corrected chi connectivity index (χ2v) is 9.92. The fourth-order valence-electron chi connectivity index (χ4n) is 3.06. The van der Waals surface area contributed by atoms with Gasteiger partial charge in [-0.2, -0.15) is 4.31 Å². The van der Waals surface area contributed by atoms with E-state index in [2.05, 4.69) is 4.98 Å². The minimum atomic E-state index is -3.84. The minimum Gasteiger partial charge on any atom is -0.456 e. The topological polar surface area (TPSA) is 85.8 Å². The molecule has 1 fully saturated rings. The van der Waals surface area contributed by atoms with E-state index >= 15 is 0 Å². The third-order valence-corrected chi connectivity index (χ3v) is 8.00. The molecule has 0 aliphatic carbocycles. The zero-order valence-corrected chi connectivity index (χ0v) is 18.8. The lowest BCUT2D eigenvalue weighted by molar-refractivity contribution is 0.0468. The van der Waals surface area contributed by atoms with Crippen molar-refractivity contribution in [2.45, 2.75) is 11.5 Å². The number of halogens is 1. The minimum absolute atomic E-state index is 0.0175. The Labute approximate surface area is 189 Å². The molecule has 0 unspecified atom stereocenters. The summed E-state index contributed by atoms with van der Waals surface area (Å²) in [5, 5.41) is 2.71. The van der Waals surface area contributed by atoms with Gasteiger partial charge in [0.2, 0.25) is 10.0 Å². The highest BCUT2D eigenvalue weighted by atomic mass is 35.5. The van der Waals surface area contributed by atoms with E-state index in [9.17, 15) is 13.2 Å². The van der Waals surface area contributed by atoms with Crippen LogP contribution in [0.15, 0.2) is 58.8 Å². The largest absolute Gasteiger partial charge is 0.456 e. The van der Waals surface area contributed by atoms with E-state index in [1.165, 1.54) is 33.8 Å². The molecule has 0 amide bonds. The molecule has 1 aromatic heterocycles. The lowest BCUT2D eigenvalue weighted by atomic mass is 10.2. The smallest absolute Gasteiger partial charge is 0.338 e. The number of hydrogen-bond donors (Lipinski definition) is 0. The van der Waals surface area contributed by atoms with Crippen molar-refractivity contribution in [1.82, 2.24) is 9.29 Å². The lowest BCUT2D eigenvalue weighted by Crippen LogP contribution is -2.40. The van der Waals surface area contributed by atoms with Crippen LogP contribution < -0.4 is 0 Å². The van der Waals surface area contributed by atoms with Crippen LogP contribution in [0.1, 0.15) is 16.1 Å². The average molecular weight is 479 g/mol. The molecule has 10 heteroatoms. The average Bonchev–Trinajstić information content (AvgIpc) is 3.28. The zero-order chi connectivity index (χ0) is 21.8. The number of thiazole rings is 1.